The molecule has 2 heteroatoms. The number of rotatable bonds is 2. The first-order chi connectivity index (χ1) is 5.85. The Balaban J connectivity index is 1.82. The third-order valence-electron chi connectivity index (χ3n) is 3.19. The zero-order valence-corrected chi connectivity index (χ0v) is 7.47. The second kappa shape index (κ2) is 3.06. The second-order valence-corrected chi connectivity index (χ2v) is 4.23. The van der Waals surface area contributed by atoms with Crippen LogP contribution >= 0.6 is 0 Å². The standard InChI is InChI=1S/C10H16N2/c1-11-10(4-5-10)8-9-2-6-12-7-3-9/h9,12H,2-8H2. The summed E-state index contributed by atoms with van der Waals surface area (Å²) in [5, 5.41) is 3.36. The van der Waals surface area contributed by atoms with Crippen LogP contribution in [0.1, 0.15) is 32.1 Å². The number of piperidine rings is 1. The normalized spacial score (nSPS) is 27.9. The van der Waals surface area contributed by atoms with Crippen molar-refractivity contribution in [2.75, 3.05) is 13.1 Å². The average molecular weight is 164 g/mol. The van der Waals surface area contributed by atoms with E-state index in [2.05, 4.69) is 10.2 Å². The van der Waals surface area contributed by atoms with E-state index in [4.69, 9.17) is 6.57 Å². The van der Waals surface area contributed by atoms with E-state index in [-0.39, 0.29) is 5.54 Å². The summed E-state index contributed by atoms with van der Waals surface area (Å²) in [5.41, 5.74) is 0.113. The number of hydrogen-bond donors (Lipinski definition) is 1. The van der Waals surface area contributed by atoms with Crippen LogP contribution in [0, 0.1) is 12.5 Å². The van der Waals surface area contributed by atoms with Crippen LogP contribution in [0.4, 0.5) is 0 Å². The highest BCUT2D eigenvalue weighted by Crippen LogP contribution is 2.46. The molecule has 2 nitrogen and oxygen atoms in total. The minimum Gasteiger partial charge on any atom is -0.317 e. The molecule has 1 saturated carbocycles. The van der Waals surface area contributed by atoms with Crippen molar-refractivity contribution in [3.63, 3.8) is 0 Å². The summed E-state index contributed by atoms with van der Waals surface area (Å²) in [6.07, 6.45) is 6.09. The minimum absolute atomic E-state index is 0.113. The molecule has 12 heavy (non-hydrogen) atoms. The molecule has 0 aromatic heterocycles. The lowest BCUT2D eigenvalue weighted by Gasteiger charge is -2.22. The van der Waals surface area contributed by atoms with Crippen LogP contribution in [0.25, 0.3) is 4.85 Å². The predicted octanol–water partition coefficient (Wildman–Crippen LogP) is 1.83. The van der Waals surface area contributed by atoms with Crippen LogP contribution < -0.4 is 5.32 Å². The molecule has 1 aliphatic carbocycles. The first-order valence-corrected chi connectivity index (χ1v) is 4.94. The Morgan fingerprint density at radius 2 is 2.00 bits per heavy atom. The first-order valence-electron chi connectivity index (χ1n) is 4.94. The van der Waals surface area contributed by atoms with Gasteiger partial charge < -0.3 is 10.2 Å². The summed E-state index contributed by atoms with van der Waals surface area (Å²) in [4.78, 5) is 3.76. The SMILES string of the molecule is [C-]#[N+]C1(CC2CCNCC2)CC1. The summed E-state index contributed by atoms with van der Waals surface area (Å²) in [7, 11) is 0. The summed E-state index contributed by atoms with van der Waals surface area (Å²) >= 11 is 0. The minimum atomic E-state index is 0.113. The van der Waals surface area contributed by atoms with Gasteiger partial charge in [-0.25, -0.2) is 6.57 Å². The van der Waals surface area contributed by atoms with Gasteiger partial charge >= 0.3 is 0 Å². The van der Waals surface area contributed by atoms with Gasteiger partial charge in [-0.2, -0.15) is 0 Å². The lowest BCUT2D eigenvalue weighted by molar-refractivity contribution is 0.337. The molecular weight excluding hydrogens is 148 g/mol. The molecule has 0 aromatic rings. The Bertz CT molecular complexity index is 194. The van der Waals surface area contributed by atoms with Gasteiger partial charge in [0.15, 0.2) is 0 Å². The molecule has 1 heterocycles. The van der Waals surface area contributed by atoms with Gasteiger partial charge in [0, 0.05) is 19.3 Å². The zero-order chi connectivity index (χ0) is 8.44. The Kier molecular flexibility index (Phi) is 2.06. The van der Waals surface area contributed by atoms with E-state index < -0.39 is 0 Å². The Morgan fingerprint density at radius 1 is 1.33 bits per heavy atom. The van der Waals surface area contributed by atoms with E-state index in [1.54, 1.807) is 0 Å². The van der Waals surface area contributed by atoms with E-state index in [1.807, 2.05) is 0 Å². The van der Waals surface area contributed by atoms with Crippen molar-refractivity contribution in [3.05, 3.63) is 11.4 Å². The summed E-state index contributed by atoms with van der Waals surface area (Å²) < 4.78 is 0. The molecule has 1 N–H and O–H groups in total. The van der Waals surface area contributed by atoms with Gasteiger partial charge in [0.1, 0.15) is 0 Å². The van der Waals surface area contributed by atoms with Gasteiger partial charge in [0.2, 0.25) is 5.54 Å². The van der Waals surface area contributed by atoms with Crippen molar-refractivity contribution in [1.29, 1.82) is 0 Å². The van der Waals surface area contributed by atoms with Gasteiger partial charge in [-0.05, 0) is 31.8 Å². The van der Waals surface area contributed by atoms with Crippen LogP contribution in [0.2, 0.25) is 0 Å². The van der Waals surface area contributed by atoms with E-state index in [9.17, 15) is 0 Å². The third kappa shape index (κ3) is 1.61. The van der Waals surface area contributed by atoms with Crippen LogP contribution in [0.3, 0.4) is 0 Å². The molecule has 2 fully saturated rings. The van der Waals surface area contributed by atoms with Crippen molar-refractivity contribution in [2.24, 2.45) is 5.92 Å². The molecule has 0 aromatic carbocycles. The molecule has 66 valence electrons. The van der Waals surface area contributed by atoms with Crippen molar-refractivity contribution in [1.82, 2.24) is 5.32 Å². The highest BCUT2D eigenvalue weighted by Gasteiger charge is 2.51. The summed E-state index contributed by atoms with van der Waals surface area (Å²) in [6.45, 7) is 9.43. The third-order valence-corrected chi connectivity index (χ3v) is 3.19. The Labute approximate surface area is 74.2 Å². The second-order valence-electron chi connectivity index (χ2n) is 4.23. The van der Waals surface area contributed by atoms with Crippen molar-refractivity contribution in [2.45, 2.75) is 37.6 Å². The largest absolute Gasteiger partial charge is 0.317 e. The number of nitrogens with one attached hydrogen (secondary N) is 1. The molecule has 0 radical (unpaired) electrons. The molecular formula is C10H16N2. The number of nitrogens with zero attached hydrogens (tertiary/aromatic N) is 1. The van der Waals surface area contributed by atoms with E-state index >= 15 is 0 Å². The first kappa shape index (κ1) is 8.07. The predicted molar refractivity (Wildman–Crippen MR) is 48.8 cm³/mol. The molecule has 2 aliphatic rings. The van der Waals surface area contributed by atoms with Crippen molar-refractivity contribution in [3.8, 4) is 0 Å². The van der Waals surface area contributed by atoms with Crippen LogP contribution in [-0.2, 0) is 0 Å². The van der Waals surface area contributed by atoms with Gasteiger partial charge in [0.25, 0.3) is 0 Å². The topological polar surface area (TPSA) is 16.4 Å². The molecule has 0 bridgehead atoms. The molecule has 1 aliphatic heterocycles. The fraction of sp³-hybridized carbons (Fsp3) is 0.900. The van der Waals surface area contributed by atoms with Crippen LogP contribution in [-0.4, -0.2) is 18.6 Å². The highest BCUT2D eigenvalue weighted by atomic mass is 14.9. The molecule has 0 amide bonds. The summed E-state index contributed by atoms with van der Waals surface area (Å²) in [5.74, 6) is 0.836. The Hall–Kier alpha value is -0.550. The van der Waals surface area contributed by atoms with E-state index in [0.29, 0.717) is 0 Å². The zero-order valence-electron chi connectivity index (χ0n) is 7.47. The van der Waals surface area contributed by atoms with Gasteiger partial charge in [0.05, 0.1) is 0 Å². The quantitative estimate of drug-likeness (QED) is 0.616. The van der Waals surface area contributed by atoms with Gasteiger partial charge in [-0.1, -0.05) is 0 Å². The molecule has 0 spiro atoms. The molecule has 2 rings (SSSR count). The monoisotopic (exact) mass is 164 g/mol. The molecule has 1 saturated heterocycles. The van der Waals surface area contributed by atoms with Crippen molar-refractivity contribution >= 4 is 0 Å². The smallest absolute Gasteiger partial charge is 0.233 e. The maximum absolute atomic E-state index is 7.10. The fourth-order valence-electron chi connectivity index (χ4n) is 2.13. The summed E-state index contributed by atoms with van der Waals surface area (Å²) in [6, 6.07) is 0. The van der Waals surface area contributed by atoms with E-state index in [0.717, 1.165) is 5.92 Å². The van der Waals surface area contributed by atoms with Crippen LogP contribution in [0.15, 0.2) is 0 Å². The van der Waals surface area contributed by atoms with Gasteiger partial charge in [-0.15, -0.1) is 0 Å². The maximum atomic E-state index is 7.10. The highest BCUT2D eigenvalue weighted by molar-refractivity contribution is 5.11. The van der Waals surface area contributed by atoms with Crippen LogP contribution in [0.5, 0.6) is 0 Å². The van der Waals surface area contributed by atoms with Crippen molar-refractivity contribution < 1.29 is 0 Å². The van der Waals surface area contributed by atoms with Gasteiger partial charge in [-0.3, -0.25) is 0 Å². The lowest BCUT2D eigenvalue weighted by atomic mass is 9.90. The Morgan fingerprint density at radius 3 is 2.50 bits per heavy atom. The maximum Gasteiger partial charge on any atom is 0.233 e. The molecule has 0 atom stereocenters. The lowest BCUT2D eigenvalue weighted by Crippen LogP contribution is -2.29. The molecule has 0 unspecified atom stereocenters. The fourth-order valence-corrected chi connectivity index (χ4v) is 2.13. The van der Waals surface area contributed by atoms with E-state index in [1.165, 1.54) is 45.2 Å². The number of hydrogen-bond acceptors (Lipinski definition) is 1. The average Bonchev–Trinajstić information content (AvgIpc) is 2.88.